The predicted molar refractivity (Wildman–Crippen MR) is 107 cm³/mol. The molecule has 0 aliphatic heterocycles. The minimum atomic E-state index is -3.76. The lowest BCUT2D eigenvalue weighted by Gasteiger charge is -2.09. The number of nitrogens with one attached hydrogen (secondary N) is 2. The standard InChI is InChI=1S/C21H17N3O3S/c25-21(14-23-28(26,27)17-9-5-2-6-10-17)18-11-16(15-7-3-1-4-8-15)12-20-19(18)13-22-24-20/h1-13,23H,14H2,(H,22,24). The fourth-order valence-electron chi connectivity index (χ4n) is 3.02. The second-order valence-electron chi connectivity index (χ2n) is 6.28. The highest BCUT2D eigenvalue weighted by Gasteiger charge is 2.18. The molecule has 0 saturated heterocycles. The second-order valence-corrected chi connectivity index (χ2v) is 8.05. The number of nitrogens with zero attached hydrogens (tertiary/aromatic N) is 1. The van der Waals surface area contributed by atoms with Gasteiger partial charge in [-0.05, 0) is 35.4 Å². The van der Waals surface area contributed by atoms with E-state index in [2.05, 4.69) is 14.9 Å². The number of sulfonamides is 1. The van der Waals surface area contributed by atoms with Crippen molar-refractivity contribution in [1.29, 1.82) is 0 Å². The van der Waals surface area contributed by atoms with Crippen LogP contribution in [-0.4, -0.2) is 30.9 Å². The minimum Gasteiger partial charge on any atom is -0.293 e. The number of hydrogen-bond donors (Lipinski definition) is 2. The van der Waals surface area contributed by atoms with Crippen LogP contribution in [0.5, 0.6) is 0 Å². The number of fused-ring (bicyclic) bond motifs is 1. The average molecular weight is 391 g/mol. The van der Waals surface area contributed by atoms with Crippen molar-refractivity contribution in [3.8, 4) is 11.1 Å². The van der Waals surface area contributed by atoms with E-state index in [0.29, 0.717) is 10.9 Å². The summed E-state index contributed by atoms with van der Waals surface area (Å²) in [7, 11) is -3.76. The van der Waals surface area contributed by atoms with Gasteiger partial charge >= 0.3 is 0 Å². The summed E-state index contributed by atoms with van der Waals surface area (Å²) < 4.78 is 27.2. The molecule has 4 rings (SSSR count). The van der Waals surface area contributed by atoms with Crippen molar-refractivity contribution in [3.05, 3.63) is 84.6 Å². The molecular formula is C21H17N3O3S. The number of H-pyrrole nitrogens is 1. The van der Waals surface area contributed by atoms with Gasteiger partial charge < -0.3 is 0 Å². The Kier molecular flexibility index (Phi) is 4.77. The molecule has 0 aliphatic rings. The Hall–Kier alpha value is -3.29. The van der Waals surface area contributed by atoms with Gasteiger partial charge in [0.05, 0.1) is 23.2 Å². The molecule has 4 aromatic rings. The molecule has 140 valence electrons. The molecule has 0 aliphatic carbocycles. The molecule has 1 heterocycles. The van der Waals surface area contributed by atoms with Gasteiger partial charge in [0.25, 0.3) is 0 Å². The van der Waals surface area contributed by atoms with Gasteiger partial charge in [0.2, 0.25) is 10.0 Å². The van der Waals surface area contributed by atoms with Crippen LogP contribution < -0.4 is 4.72 Å². The fourth-order valence-corrected chi connectivity index (χ4v) is 4.02. The Labute approximate surface area is 162 Å². The van der Waals surface area contributed by atoms with E-state index >= 15 is 0 Å². The molecule has 0 saturated carbocycles. The zero-order chi connectivity index (χ0) is 19.6. The molecule has 28 heavy (non-hydrogen) atoms. The van der Waals surface area contributed by atoms with E-state index in [0.717, 1.165) is 16.6 Å². The van der Waals surface area contributed by atoms with Crippen LogP contribution in [0.2, 0.25) is 0 Å². The summed E-state index contributed by atoms with van der Waals surface area (Å²) >= 11 is 0. The van der Waals surface area contributed by atoms with E-state index < -0.39 is 10.0 Å². The molecule has 1 aromatic heterocycles. The van der Waals surface area contributed by atoms with Crippen LogP contribution in [0.4, 0.5) is 0 Å². The number of carbonyl (C=O) groups excluding carboxylic acids is 1. The van der Waals surface area contributed by atoms with Gasteiger partial charge in [-0.15, -0.1) is 0 Å². The van der Waals surface area contributed by atoms with Crippen molar-refractivity contribution in [1.82, 2.24) is 14.9 Å². The summed E-state index contributed by atoms with van der Waals surface area (Å²) in [4.78, 5) is 13.0. The number of Topliss-reactive ketones (excluding diaryl/α,β-unsaturated/α-hetero) is 1. The average Bonchev–Trinajstić information content (AvgIpc) is 3.21. The van der Waals surface area contributed by atoms with Gasteiger partial charge in [-0.25, -0.2) is 13.1 Å². The molecular weight excluding hydrogens is 374 g/mol. The van der Waals surface area contributed by atoms with Crippen molar-refractivity contribution in [2.75, 3.05) is 6.54 Å². The summed E-state index contributed by atoms with van der Waals surface area (Å²) in [5.74, 6) is -0.330. The van der Waals surface area contributed by atoms with Crippen molar-refractivity contribution in [2.24, 2.45) is 0 Å². The number of carbonyl (C=O) groups is 1. The van der Waals surface area contributed by atoms with Crippen LogP contribution in [0.3, 0.4) is 0 Å². The number of benzene rings is 3. The molecule has 0 amide bonds. The maximum absolute atomic E-state index is 12.8. The fraction of sp³-hybridized carbons (Fsp3) is 0.0476. The Balaban J connectivity index is 1.65. The van der Waals surface area contributed by atoms with E-state index in [9.17, 15) is 13.2 Å². The highest BCUT2D eigenvalue weighted by atomic mass is 32.2. The molecule has 0 radical (unpaired) electrons. The van der Waals surface area contributed by atoms with Gasteiger partial charge in [0.1, 0.15) is 0 Å². The number of rotatable bonds is 6. The van der Waals surface area contributed by atoms with Crippen molar-refractivity contribution >= 4 is 26.7 Å². The minimum absolute atomic E-state index is 0.120. The molecule has 2 N–H and O–H groups in total. The van der Waals surface area contributed by atoms with Gasteiger partial charge in [0.15, 0.2) is 5.78 Å². The third-order valence-electron chi connectivity index (χ3n) is 4.44. The van der Waals surface area contributed by atoms with Crippen LogP contribution in [0.15, 0.2) is 83.9 Å². The van der Waals surface area contributed by atoms with E-state index in [-0.39, 0.29) is 17.2 Å². The smallest absolute Gasteiger partial charge is 0.240 e. The molecule has 0 spiro atoms. The van der Waals surface area contributed by atoms with Gasteiger partial charge in [-0.3, -0.25) is 9.89 Å². The lowest BCUT2D eigenvalue weighted by molar-refractivity contribution is 0.0998. The summed E-state index contributed by atoms with van der Waals surface area (Å²) in [5, 5.41) is 7.56. The summed E-state index contributed by atoms with van der Waals surface area (Å²) in [6.45, 7) is -0.338. The van der Waals surface area contributed by atoms with Crippen molar-refractivity contribution in [2.45, 2.75) is 4.90 Å². The Morgan fingerprint density at radius 3 is 2.32 bits per heavy atom. The second kappa shape index (κ2) is 7.38. The van der Waals surface area contributed by atoms with E-state index in [1.807, 2.05) is 36.4 Å². The van der Waals surface area contributed by atoms with Crippen LogP contribution in [0.25, 0.3) is 22.0 Å². The van der Waals surface area contributed by atoms with E-state index in [1.165, 1.54) is 12.1 Å². The zero-order valence-corrected chi connectivity index (χ0v) is 15.6. The Morgan fingerprint density at radius 2 is 1.61 bits per heavy atom. The van der Waals surface area contributed by atoms with Crippen LogP contribution in [0.1, 0.15) is 10.4 Å². The van der Waals surface area contributed by atoms with Gasteiger partial charge in [-0.2, -0.15) is 5.10 Å². The first-order valence-electron chi connectivity index (χ1n) is 8.65. The highest BCUT2D eigenvalue weighted by Crippen LogP contribution is 2.27. The summed E-state index contributed by atoms with van der Waals surface area (Å²) in [5.41, 5.74) is 2.95. The predicted octanol–water partition coefficient (Wildman–Crippen LogP) is 3.39. The number of aromatic amines is 1. The first-order chi connectivity index (χ1) is 13.5. The summed E-state index contributed by atoms with van der Waals surface area (Å²) in [6, 6.07) is 21.3. The van der Waals surface area contributed by atoms with Crippen molar-refractivity contribution < 1.29 is 13.2 Å². The Morgan fingerprint density at radius 1 is 0.929 bits per heavy atom. The number of ketones is 1. The molecule has 0 bridgehead atoms. The third kappa shape index (κ3) is 3.58. The van der Waals surface area contributed by atoms with E-state index in [1.54, 1.807) is 30.5 Å². The molecule has 0 unspecified atom stereocenters. The lowest BCUT2D eigenvalue weighted by Crippen LogP contribution is -2.29. The largest absolute Gasteiger partial charge is 0.293 e. The third-order valence-corrected chi connectivity index (χ3v) is 5.86. The molecule has 3 aromatic carbocycles. The Bertz CT molecular complexity index is 1230. The van der Waals surface area contributed by atoms with Crippen molar-refractivity contribution in [3.63, 3.8) is 0 Å². The first kappa shape index (κ1) is 18.1. The van der Waals surface area contributed by atoms with E-state index in [4.69, 9.17) is 0 Å². The SMILES string of the molecule is O=C(CNS(=O)(=O)c1ccccc1)c1cc(-c2ccccc2)cc2[nH]ncc12. The monoisotopic (exact) mass is 391 g/mol. The van der Waals surface area contributed by atoms with Gasteiger partial charge in [0, 0.05) is 10.9 Å². The topological polar surface area (TPSA) is 91.9 Å². The maximum atomic E-state index is 12.8. The number of aromatic nitrogens is 2. The van der Waals surface area contributed by atoms with Crippen LogP contribution in [0, 0.1) is 0 Å². The summed E-state index contributed by atoms with van der Waals surface area (Å²) in [6.07, 6.45) is 1.57. The lowest BCUT2D eigenvalue weighted by atomic mass is 9.98. The molecule has 0 fully saturated rings. The highest BCUT2D eigenvalue weighted by molar-refractivity contribution is 7.89. The zero-order valence-electron chi connectivity index (χ0n) is 14.8. The molecule has 7 heteroatoms. The van der Waals surface area contributed by atoms with Crippen LogP contribution in [-0.2, 0) is 10.0 Å². The maximum Gasteiger partial charge on any atom is 0.240 e. The first-order valence-corrected chi connectivity index (χ1v) is 10.1. The number of hydrogen-bond acceptors (Lipinski definition) is 4. The molecule has 0 atom stereocenters. The molecule has 6 nitrogen and oxygen atoms in total. The quantitative estimate of drug-likeness (QED) is 0.493. The van der Waals surface area contributed by atoms with Gasteiger partial charge in [-0.1, -0.05) is 48.5 Å². The van der Waals surface area contributed by atoms with Crippen LogP contribution >= 0.6 is 0 Å². The normalized spacial score (nSPS) is 11.6.